The van der Waals surface area contributed by atoms with Crippen molar-refractivity contribution in [2.24, 2.45) is 5.73 Å². The van der Waals surface area contributed by atoms with E-state index in [2.05, 4.69) is 19.3 Å². The molecule has 3 aliphatic heterocycles. The molecule has 10 atom stereocenters. The SMILES string of the molecule is NC(=O)C1=CN([C@H]2O[C@H](COP(=O)(O)OP(=O)(O)OC[C@H]3O[C@@H](n4cnc5c(N)ncnc54)[C@H](O)[C@@H]3O)[C@@H](O)[C@H]2O)C=CC1. The van der Waals surface area contributed by atoms with Gasteiger partial charge in [-0.3, -0.25) is 18.4 Å². The van der Waals surface area contributed by atoms with Gasteiger partial charge in [0.05, 0.1) is 19.5 Å². The van der Waals surface area contributed by atoms with E-state index in [9.17, 15) is 44.1 Å². The number of carbonyl (C=O) groups is 1. The summed E-state index contributed by atoms with van der Waals surface area (Å²) in [5, 5.41) is 41.6. The van der Waals surface area contributed by atoms with Crippen LogP contribution in [-0.2, 0) is 36.8 Å². The predicted octanol–water partition coefficient (Wildman–Crippen LogP) is -2.69. The number of hydrogen-bond donors (Lipinski definition) is 8. The standard InChI is InChI=1S/C21H29N7O14P2/c22-17-12-19(25-7-24-17)28(8-26-12)21-16(32)14(30)11(41-21)6-39-44(36,37)42-43(34,35)38-5-10-13(29)15(31)20(40-10)27-3-1-2-9(4-27)18(23)33/h1,3-4,7-8,10-11,13-16,20-21,29-32H,2,5-6H2,(H2,23,33)(H,34,35)(H,36,37)(H2,22,24,25)/t10-,11-,13-,14-,15-,16-,20+,21-/m1/s1. The number of aliphatic hydroxyl groups is 4. The minimum Gasteiger partial charge on any atom is -0.387 e. The van der Waals surface area contributed by atoms with Crippen molar-refractivity contribution in [3.63, 3.8) is 0 Å². The Kier molecular flexibility index (Phi) is 9.23. The molecule has 0 saturated carbocycles. The number of aliphatic hydroxyl groups excluding tert-OH is 4. The Labute approximate surface area is 247 Å². The number of nitrogens with two attached hydrogens (primary N) is 2. The number of phosphoric ester groups is 2. The summed E-state index contributed by atoms with van der Waals surface area (Å²) < 4.78 is 50.8. The van der Waals surface area contributed by atoms with Gasteiger partial charge in [-0.1, -0.05) is 6.08 Å². The molecule has 2 aromatic heterocycles. The Hall–Kier alpha value is -2.88. The van der Waals surface area contributed by atoms with Gasteiger partial charge in [-0.25, -0.2) is 24.1 Å². The number of rotatable bonds is 11. The van der Waals surface area contributed by atoms with Crippen molar-refractivity contribution < 1.29 is 67.0 Å². The van der Waals surface area contributed by atoms with Crippen LogP contribution in [0.5, 0.6) is 0 Å². The minimum absolute atomic E-state index is 0.0517. The lowest BCUT2D eigenvalue weighted by Gasteiger charge is -2.28. The van der Waals surface area contributed by atoms with E-state index in [4.69, 9.17) is 30.0 Å². The molecule has 0 radical (unpaired) electrons. The van der Waals surface area contributed by atoms with Crippen molar-refractivity contribution in [2.75, 3.05) is 18.9 Å². The molecule has 2 unspecified atom stereocenters. The molecular formula is C21H29N7O14P2. The maximum atomic E-state index is 12.4. The summed E-state index contributed by atoms with van der Waals surface area (Å²) in [5.41, 5.74) is 11.6. The molecule has 10 N–H and O–H groups in total. The van der Waals surface area contributed by atoms with Gasteiger partial charge >= 0.3 is 15.6 Å². The molecular weight excluding hydrogens is 636 g/mol. The molecule has 5 rings (SSSR count). The number of nitrogens with zero attached hydrogens (tertiary/aromatic N) is 5. The fourth-order valence-corrected chi connectivity index (χ4v) is 6.77. The van der Waals surface area contributed by atoms with E-state index in [1.807, 2.05) is 0 Å². The first kappa shape index (κ1) is 32.5. The van der Waals surface area contributed by atoms with Gasteiger partial charge in [0.15, 0.2) is 23.9 Å². The predicted molar refractivity (Wildman–Crippen MR) is 142 cm³/mol. The molecule has 44 heavy (non-hydrogen) atoms. The number of nitrogen functional groups attached to an aromatic ring is 1. The third-order valence-electron chi connectivity index (χ3n) is 6.88. The van der Waals surface area contributed by atoms with Gasteiger partial charge in [-0.2, -0.15) is 4.31 Å². The smallest absolute Gasteiger partial charge is 0.387 e. The number of carbonyl (C=O) groups excluding carboxylic acids is 1. The number of fused-ring (bicyclic) bond motifs is 1. The Morgan fingerprint density at radius 3 is 2.16 bits per heavy atom. The average molecular weight is 665 g/mol. The number of allylic oxidation sites excluding steroid dienone is 1. The minimum atomic E-state index is -5.37. The fraction of sp³-hybridized carbons (Fsp3) is 0.524. The van der Waals surface area contributed by atoms with Crippen molar-refractivity contribution in [3.05, 3.63) is 36.7 Å². The molecule has 2 aromatic rings. The summed E-state index contributed by atoms with van der Waals surface area (Å²) in [4.78, 5) is 44.6. The number of phosphoric acid groups is 2. The Morgan fingerprint density at radius 2 is 1.55 bits per heavy atom. The Morgan fingerprint density at radius 1 is 0.955 bits per heavy atom. The van der Waals surface area contributed by atoms with Crippen LogP contribution < -0.4 is 11.5 Å². The van der Waals surface area contributed by atoms with E-state index >= 15 is 0 Å². The number of hydrogen-bond acceptors (Lipinski definition) is 17. The van der Waals surface area contributed by atoms with E-state index in [0.717, 1.165) is 6.33 Å². The number of primary amides is 1. The van der Waals surface area contributed by atoms with Crippen LogP contribution >= 0.6 is 15.6 Å². The monoisotopic (exact) mass is 665 g/mol. The van der Waals surface area contributed by atoms with Crippen LogP contribution in [0, 0.1) is 0 Å². The zero-order valence-electron chi connectivity index (χ0n) is 22.4. The highest BCUT2D eigenvalue weighted by molar-refractivity contribution is 7.61. The van der Waals surface area contributed by atoms with Crippen molar-refractivity contribution >= 4 is 38.5 Å². The number of imidazole rings is 1. The lowest BCUT2D eigenvalue weighted by atomic mass is 10.1. The second-order valence-electron chi connectivity index (χ2n) is 9.84. The summed E-state index contributed by atoms with van der Waals surface area (Å²) in [6, 6.07) is 0. The van der Waals surface area contributed by atoms with E-state index in [1.54, 1.807) is 6.08 Å². The van der Waals surface area contributed by atoms with Gasteiger partial charge in [-0.15, -0.1) is 0 Å². The summed E-state index contributed by atoms with van der Waals surface area (Å²) in [6.07, 6.45) is -4.88. The van der Waals surface area contributed by atoms with Crippen LogP contribution in [0.2, 0.25) is 0 Å². The quantitative estimate of drug-likeness (QED) is 0.113. The first-order valence-electron chi connectivity index (χ1n) is 12.7. The van der Waals surface area contributed by atoms with Crippen molar-refractivity contribution in [3.8, 4) is 0 Å². The van der Waals surface area contributed by atoms with Crippen LogP contribution in [0.15, 0.2) is 36.7 Å². The van der Waals surface area contributed by atoms with Crippen molar-refractivity contribution in [1.82, 2.24) is 24.4 Å². The molecule has 3 aliphatic rings. The van der Waals surface area contributed by atoms with E-state index < -0.39 is 83.8 Å². The van der Waals surface area contributed by atoms with Gasteiger partial charge in [0.1, 0.15) is 48.5 Å². The van der Waals surface area contributed by atoms with Crippen LogP contribution in [0.3, 0.4) is 0 Å². The zero-order chi connectivity index (χ0) is 32.0. The number of amides is 1. The van der Waals surface area contributed by atoms with Crippen LogP contribution in [0.1, 0.15) is 12.6 Å². The molecule has 2 saturated heterocycles. The molecule has 0 aromatic carbocycles. The molecule has 5 heterocycles. The molecule has 0 spiro atoms. The second kappa shape index (κ2) is 12.5. The van der Waals surface area contributed by atoms with E-state index in [1.165, 1.54) is 28.2 Å². The molecule has 21 nitrogen and oxygen atoms in total. The first-order valence-corrected chi connectivity index (χ1v) is 15.7. The summed E-state index contributed by atoms with van der Waals surface area (Å²) in [6.45, 7) is -1.79. The van der Waals surface area contributed by atoms with Crippen LogP contribution in [-0.4, -0.2) is 117 Å². The van der Waals surface area contributed by atoms with Crippen molar-refractivity contribution in [1.29, 1.82) is 0 Å². The number of ether oxygens (including phenoxy) is 2. The average Bonchev–Trinajstić information content (AvgIpc) is 3.61. The molecule has 0 bridgehead atoms. The summed E-state index contributed by atoms with van der Waals surface area (Å²) in [5.74, 6) is -0.658. The lowest BCUT2D eigenvalue weighted by molar-refractivity contribution is -0.115. The lowest BCUT2D eigenvalue weighted by Crippen LogP contribution is -2.40. The molecule has 1 amide bonds. The van der Waals surface area contributed by atoms with E-state index in [-0.39, 0.29) is 29.0 Å². The third kappa shape index (κ3) is 6.70. The topological polar surface area (TPSA) is 318 Å². The first-order chi connectivity index (χ1) is 20.7. The zero-order valence-corrected chi connectivity index (χ0v) is 24.2. The van der Waals surface area contributed by atoms with Crippen molar-refractivity contribution in [2.45, 2.75) is 55.5 Å². The molecule has 2 fully saturated rings. The molecule has 0 aliphatic carbocycles. The maximum absolute atomic E-state index is 12.4. The normalized spacial score (nSPS) is 33.3. The number of aromatic nitrogens is 4. The molecule has 23 heteroatoms. The molecule has 242 valence electrons. The third-order valence-corrected chi connectivity index (χ3v) is 9.48. The Balaban J connectivity index is 1.15. The largest absolute Gasteiger partial charge is 0.481 e. The van der Waals surface area contributed by atoms with Gasteiger partial charge in [0.2, 0.25) is 5.91 Å². The second-order valence-corrected chi connectivity index (χ2v) is 12.9. The highest BCUT2D eigenvalue weighted by atomic mass is 31.3. The maximum Gasteiger partial charge on any atom is 0.481 e. The van der Waals surface area contributed by atoms with Gasteiger partial charge in [0.25, 0.3) is 0 Å². The van der Waals surface area contributed by atoms with Crippen LogP contribution in [0.4, 0.5) is 5.82 Å². The fourth-order valence-electron chi connectivity index (χ4n) is 4.68. The van der Waals surface area contributed by atoms with Gasteiger partial charge in [0, 0.05) is 18.0 Å². The van der Waals surface area contributed by atoms with Gasteiger partial charge in [-0.05, 0) is 6.42 Å². The summed E-state index contributed by atoms with van der Waals surface area (Å²) in [7, 11) is -10.7. The van der Waals surface area contributed by atoms with Gasteiger partial charge < -0.3 is 56.1 Å². The van der Waals surface area contributed by atoms with E-state index in [0.29, 0.717) is 0 Å². The Bertz CT molecular complexity index is 1560. The highest BCUT2D eigenvalue weighted by Crippen LogP contribution is 2.60. The highest BCUT2D eigenvalue weighted by Gasteiger charge is 2.48. The number of anilines is 1. The van der Waals surface area contributed by atoms with Crippen LogP contribution in [0.25, 0.3) is 11.2 Å². The summed E-state index contributed by atoms with van der Waals surface area (Å²) >= 11 is 0.